The zero-order chi connectivity index (χ0) is 18.5. The molecule has 1 N–H and O–H groups in total. The number of hydrogen-bond acceptors (Lipinski definition) is 5. The molecule has 26 heavy (non-hydrogen) atoms. The van der Waals surface area contributed by atoms with Crippen molar-refractivity contribution in [2.75, 3.05) is 11.1 Å². The van der Waals surface area contributed by atoms with Gasteiger partial charge in [-0.3, -0.25) is 14.2 Å². The number of hydrogen-bond donors (Lipinski definition) is 1. The minimum absolute atomic E-state index is 0.0765. The highest BCUT2D eigenvalue weighted by Gasteiger charge is 2.13. The highest BCUT2D eigenvalue weighted by atomic mass is 35.5. The molecule has 0 bridgehead atoms. The highest BCUT2D eigenvalue weighted by Crippen LogP contribution is 2.20. The minimum Gasteiger partial charge on any atom is -0.323 e. The van der Waals surface area contributed by atoms with Gasteiger partial charge in [-0.05, 0) is 24.3 Å². The van der Waals surface area contributed by atoms with Crippen molar-refractivity contribution in [3.63, 3.8) is 0 Å². The second kappa shape index (κ2) is 8.16. The molecule has 0 unspecified atom stereocenters. The van der Waals surface area contributed by atoms with Crippen LogP contribution in [0.3, 0.4) is 0 Å². The Labute approximate surface area is 158 Å². The van der Waals surface area contributed by atoms with Gasteiger partial charge >= 0.3 is 0 Å². The Kier molecular flexibility index (Phi) is 5.70. The third kappa shape index (κ3) is 3.95. The van der Waals surface area contributed by atoms with Crippen molar-refractivity contribution in [3.05, 3.63) is 70.8 Å². The van der Waals surface area contributed by atoms with Gasteiger partial charge in [-0.2, -0.15) is 0 Å². The fourth-order valence-corrected chi connectivity index (χ4v) is 3.32. The average Bonchev–Trinajstić information content (AvgIpc) is 2.64. The summed E-state index contributed by atoms with van der Waals surface area (Å²) >= 11 is 7.11. The molecule has 1 amide bonds. The van der Waals surface area contributed by atoms with Crippen LogP contribution in [-0.4, -0.2) is 26.2 Å². The predicted molar refractivity (Wildman–Crippen MR) is 105 cm³/mol. The van der Waals surface area contributed by atoms with E-state index in [-0.39, 0.29) is 22.4 Å². The Bertz CT molecular complexity index is 1040. The summed E-state index contributed by atoms with van der Waals surface area (Å²) in [5.41, 5.74) is 0.874. The number of carbonyl (C=O) groups is 1. The number of fused-ring (bicyclic) bond motifs is 1. The van der Waals surface area contributed by atoms with E-state index in [0.717, 1.165) is 0 Å². The van der Waals surface area contributed by atoms with Crippen LogP contribution in [0.25, 0.3) is 10.9 Å². The van der Waals surface area contributed by atoms with Crippen molar-refractivity contribution in [2.24, 2.45) is 0 Å². The number of pyridine rings is 1. The fourth-order valence-electron chi connectivity index (χ4n) is 2.34. The Hall–Kier alpha value is -2.64. The van der Waals surface area contributed by atoms with Crippen LogP contribution >= 0.6 is 23.4 Å². The molecule has 0 atom stereocenters. The molecule has 0 saturated carbocycles. The van der Waals surface area contributed by atoms with Crippen molar-refractivity contribution in [1.82, 2.24) is 14.5 Å². The largest absolute Gasteiger partial charge is 0.323 e. The molecule has 2 heterocycles. The van der Waals surface area contributed by atoms with Crippen molar-refractivity contribution in [1.29, 1.82) is 0 Å². The number of thioether (sulfide) groups is 1. The van der Waals surface area contributed by atoms with Crippen LogP contribution in [-0.2, 0) is 11.3 Å². The van der Waals surface area contributed by atoms with Crippen molar-refractivity contribution < 1.29 is 4.79 Å². The second-order valence-electron chi connectivity index (χ2n) is 5.29. The first-order chi connectivity index (χ1) is 12.6. The normalized spacial score (nSPS) is 10.7. The molecule has 0 aliphatic carbocycles. The summed E-state index contributed by atoms with van der Waals surface area (Å²) in [6.07, 6.45) is 3.16. The maximum absolute atomic E-state index is 12.7. The minimum atomic E-state index is -0.266. The van der Waals surface area contributed by atoms with Crippen LogP contribution in [0, 0.1) is 0 Å². The number of rotatable bonds is 6. The topological polar surface area (TPSA) is 76.9 Å². The number of carbonyl (C=O) groups excluding carboxylic acids is 1. The Balaban J connectivity index is 1.82. The standard InChI is InChI=1S/C18H15ClN4O2S/c1-2-10-23-17(25)12-6-3-4-7-13(12)22-18(23)26-11-15(24)21-14-8-5-9-20-16(14)19/h2-9H,1,10-11H2,(H,21,24). The lowest BCUT2D eigenvalue weighted by atomic mass is 10.2. The number of nitrogens with one attached hydrogen (secondary N) is 1. The summed E-state index contributed by atoms with van der Waals surface area (Å²) in [6.45, 7) is 4.00. The molecular weight excluding hydrogens is 372 g/mol. The lowest BCUT2D eigenvalue weighted by molar-refractivity contribution is -0.113. The van der Waals surface area contributed by atoms with Gasteiger partial charge in [0.25, 0.3) is 5.56 Å². The van der Waals surface area contributed by atoms with Gasteiger partial charge in [0, 0.05) is 12.7 Å². The summed E-state index contributed by atoms with van der Waals surface area (Å²) in [5, 5.41) is 3.91. The maximum atomic E-state index is 12.7. The van der Waals surface area contributed by atoms with Gasteiger partial charge in [0.05, 0.1) is 22.3 Å². The molecule has 0 saturated heterocycles. The quantitative estimate of drug-likeness (QED) is 0.304. The number of halogens is 1. The monoisotopic (exact) mass is 386 g/mol. The Morgan fingerprint density at radius 1 is 1.31 bits per heavy atom. The fraction of sp³-hybridized carbons (Fsp3) is 0.111. The van der Waals surface area contributed by atoms with E-state index in [1.807, 2.05) is 6.07 Å². The molecule has 3 rings (SSSR count). The maximum Gasteiger partial charge on any atom is 0.262 e. The highest BCUT2D eigenvalue weighted by molar-refractivity contribution is 7.99. The van der Waals surface area contributed by atoms with Crippen LogP contribution in [0.5, 0.6) is 0 Å². The molecule has 2 aromatic heterocycles. The summed E-state index contributed by atoms with van der Waals surface area (Å²) in [4.78, 5) is 33.3. The van der Waals surface area contributed by atoms with Crippen LogP contribution in [0.15, 0.2) is 65.2 Å². The Morgan fingerprint density at radius 3 is 2.88 bits per heavy atom. The summed E-state index contributed by atoms with van der Waals surface area (Å²) in [6, 6.07) is 10.5. The van der Waals surface area contributed by atoms with Crippen molar-refractivity contribution in [3.8, 4) is 0 Å². The van der Waals surface area contributed by atoms with Gasteiger partial charge in [-0.15, -0.1) is 6.58 Å². The number of nitrogens with zero attached hydrogens (tertiary/aromatic N) is 3. The zero-order valence-electron chi connectivity index (χ0n) is 13.7. The molecule has 0 aliphatic heterocycles. The number of allylic oxidation sites excluding steroid dienone is 1. The van der Waals surface area contributed by atoms with Crippen LogP contribution in [0.4, 0.5) is 5.69 Å². The van der Waals surface area contributed by atoms with Gasteiger partial charge in [0.15, 0.2) is 10.3 Å². The first-order valence-electron chi connectivity index (χ1n) is 7.74. The third-order valence-electron chi connectivity index (χ3n) is 3.50. The number of aromatic nitrogens is 3. The van der Waals surface area contributed by atoms with Gasteiger partial charge in [-0.1, -0.05) is 41.6 Å². The van der Waals surface area contributed by atoms with Crippen LogP contribution in [0.2, 0.25) is 5.15 Å². The van der Waals surface area contributed by atoms with Crippen molar-refractivity contribution >= 4 is 45.9 Å². The first-order valence-corrected chi connectivity index (χ1v) is 9.10. The first kappa shape index (κ1) is 18.2. The molecule has 0 aliphatic rings. The van der Waals surface area contributed by atoms with E-state index in [1.165, 1.54) is 16.3 Å². The lowest BCUT2D eigenvalue weighted by Gasteiger charge is -2.11. The molecule has 8 heteroatoms. The third-order valence-corrected chi connectivity index (χ3v) is 4.78. The number of amides is 1. The van der Waals surface area contributed by atoms with E-state index in [0.29, 0.717) is 28.3 Å². The van der Waals surface area contributed by atoms with Gasteiger partial charge in [0.2, 0.25) is 5.91 Å². The van der Waals surface area contributed by atoms with Crippen LogP contribution < -0.4 is 10.9 Å². The van der Waals surface area contributed by atoms with Crippen molar-refractivity contribution in [2.45, 2.75) is 11.7 Å². The zero-order valence-corrected chi connectivity index (χ0v) is 15.3. The van der Waals surface area contributed by atoms with E-state index >= 15 is 0 Å². The van der Waals surface area contributed by atoms with E-state index < -0.39 is 0 Å². The van der Waals surface area contributed by atoms with E-state index in [1.54, 1.807) is 42.6 Å². The molecule has 3 aromatic rings. The van der Waals surface area contributed by atoms with Gasteiger partial charge in [0.1, 0.15) is 0 Å². The molecule has 0 spiro atoms. The Morgan fingerprint density at radius 2 is 2.12 bits per heavy atom. The van der Waals surface area contributed by atoms with E-state index in [4.69, 9.17) is 11.6 Å². The van der Waals surface area contributed by atoms with Gasteiger partial charge < -0.3 is 5.32 Å². The van der Waals surface area contributed by atoms with E-state index in [9.17, 15) is 9.59 Å². The molecule has 1 aromatic carbocycles. The molecule has 0 radical (unpaired) electrons. The summed E-state index contributed by atoms with van der Waals surface area (Å²) in [5.74, 6) is -0.190. The lowest BCUT2D eigenvalue weighted by Crippen LogP contribution is -2.23. The second-order valence-corrected chi connectivity index (χ2v) is 6.60. The summed E-state index contributed by atoms with van der Waals surface area (Å²) in [7, 11) is 0. The predicted octanol–water partition coefficient (Wildman–Crippen LogP) is 3.36. The van der Waals surface area contributed by atoms with E-state index in [2.05, 4.69) is 21.9 Å². The smallest absolute Gasteiger partial charge is 0.262 e. The molecule has 6 nitrogen and oxygen atoms in total. The molecule has 0 fully saturated rings. The number of para-hydroxylation sites is 1. The van der Waals surface area contributed by atoms with Crippen LogP contribution in [0.1, 0.15) is 0 Å². The number of anilines is 1. The van der Waals surface area contributed by atoms with Gasteiger partial charge in [-0.25, -0.2) is 9.97 Å². The number of benzene rings is 1. The molecular formula is C18H15ClN4O2S. The molecule has 132 valence electrons. The summed E-state index contributed by atoms with van der Waals surface area (Å²) < 4.78 is 1.50. The SMILES string of the molecule is C=CCn1c(SCC(=O)Nc2cccnc2Cl)nc2ccccc2c1=O. The average molecular weight is 387 g/mol.